The number of alkyl halides is 3. The Bertz CT molecular complexity index is 1280. The van der Waals surface area contributed by atoms with Crippen LogP contribution >= 0.6 is 0 Å². The second-order valence-electron chi connectivity index (χ2n) is 7.03. The molecule has 2 heterocycles. The van der Waals surface area contributed by atoms with Crippen LogP contribution in [0.3, 0.4) is 0 Å². The number of benzene rings is 1. The number of carbonyl (C=O) groups excluding carboxylic acids is 1. The van der Waals surface area contributed by atoms with Gasteiger partial charge in [-0.25, -0.2) is 0 Å². The SMILES string of the molecule is CN(CS(=O)(=O)O)C(N)=NC(=O)c1cc2c(C(F)(F)F)ccc(OCCn3cccc3)c2[nH]1. The van der Waals surface area contributed by atoms with Gasteiger partial charge in [0.05, 0.1) is 17.6 Å². The van der Waals surface area contributed by atoms with Gasteiger partial charge in [0.15, 0.2) is 5.96 Å². The Morgan fingerprint density at radius 3 is 2.58 bits per heavy atom. The topological polar surface area (TPSA) is 143 Å². The van der Waals surface area contributed by atoms with E-state index in [2.05, 4.69) is 9.98 Å². The molecular weight excluding hydrogens is 467 g/mol. The highest BCUT2D eigenvalue weighted by Gasteiger charge is 2.34. The van der Waals surface area contributed by atoms with Gasteiger partial charge in [-0.1, -0.05) is 0 Å². The third-order valence-electron chi connectivity index (χ3n) is 4.53. The average molecular weight is 487 g/mol. The molecule has 0 spiro atoms. The number of halogens is 3. The molecule has 10 nitrogen and oxygen atoms in total. The summed E-state index contributed by atoms with van der Waals surface area (Å²) >= 11 is 0. The first-order valence-corrected chi connectivity index (χ1v) is 11.0. The summed E-state index contributed by atoms with van der Waals surface area (Å²) < 4.78 is 78.7. The predicted molar refractivity (Wildman–Crippen MR) is 113 cm³/mol. The van der Waals surface area contributed by atoms with Crippen molar-refractivity contribution in [2.45, 2.75) is 12.7 Å². The number of aromatic amines is 1. The van der Waals surface area contributed by atoms with Crippen LogP contribution in [0.5, 0.6) is 5.75 Å². The van der Waals surface area contributed by atoms with Crippen molar-refractivity contribution in [1.82, 2.24) is 14.5 Å². The molecule has 0 fully saturated rings. The van der Waals surface area contributed by atoms with Gasteiger partial charge in [0.1, 0.15) is 23.9 Å². The van der Waals surface area contributed by atoms with Crippen molar-refractivity contribution in [3.8, 4) is 5.75 Å². The summed E-state index contributed by atoms with van der Waals surface area (Å²) in [5.74, 6) is -2.43. The van der Waals surface area contributed by atoms with Crippen LogP contribution in [0.15, 0.2) is 47.7 Å². The van der Waals surface area contributed by atoms with Crippen molar-refractivity contribution in [2.24, 2.45) is 10.7 Å². The standard InChI is InChI=1S/C19H20F3N5O5S/c1-26(11-33(29,30)31)18(23)25-17(28)14-10-12-13(19(20,21)22)4-5-15(16(12)24-14)32-9-8-27-6-2-3-7-27/h2-7,10,24H,8-9,11H2,1H3,(H2,23,25,28)(H,29,30,31). The van der Waals surface area contributed by atoms with Gasteiger partial charge in [0.25, 0.3) is 16.0 Å². The van der Waals surface area contributed by atoms with Crippen molar-refractivity contribution in [1.29, 1.82) is 0 Å². The third kappa shape index (κ3) is 6.04. The minimum absolute atomic E-state index is 0.0549. The lowest BCUT2D eigenvalue weighted by molar-refractivity contribution is -0.136. The minimum atomic E-state index is -4.69. The Hall–Kier alpha value is -3.52. The number of rotatable bonds is 7. The van der Waals surface area contributed by atoms with Crippen molar-refractivity contribution in [3.05, 3.63) is 54.0 Å². The summed E-state index contributed by atoms with van der Waals surface area (Å²) in [7, 11) is -3.28. The predicted octanol–water partition coefficient (Wildman–Crippen LogP) is 2.30. The Labute approximate surface area is 186 Å². The lowest BCUT2D eigenvalue weighted by Crippen LogP contribution is -2.38. The monoisotopic (exact) mass is 487 g/mol. The van der Waals surface area contributed by atoms with Crippen molar-refractivity contribution >= 4 is 32.9 Å². The number of nitrogens with zero attached hydrogens (tertiary/aromatic N) is 3. The lowest BCUT2D eigenvalue weighted by atomic mass is 10.1. The van der Waals surface area contributed by atoms with E-state index in [9.17, 15) is 26.4 Å². The zero-order chi connectivity index (χ0) is 24.4. The van der Waals surface area contributed by atoms with Gasteiger partial charge in [-0.2, -0.15) is 26.6 Å². The molecule has 1 amide bonds. The van der Waals surface area contributed by atoms with Gasteiger partial charge in [-0.05, 0) is 30.3 Å². The van der Waals surface area contributed by atoms with Crippen LogP contribution in [0.25, 0.3) is 10.9 Å². The molecule has 3 aromatic rings. The molecule has 0 aliphatic heterocycles. The van der Waals surface area contributed by atoms with Crippen LogP contribution in [0.2, 0.25) is 0 Å². The number of aliphatic imine (C=N–C) groups is 1. The zero-order valence-electron chi connectivity index (χ0n) is 17.2. The molecule has 33 heavy (non-hydrogen) atoms. The summed E-state index contributed by atoms with van der Waals surface area (Å²) in [6, 6.07) is 6.62. The molecule has 2 aromatic heterocycles. The fourth-order valence-corrected chi connectivity index (χ4v) is 3.64. The highest BCUT2D eigenvalue weighted by Crippen LogP contribution is 2.38. The second kappa shape index (κ2) is 9.15. The fourth-order valence-electron chi connectivity index (χ4n) is 3.02. The molecule has 0 unspecified atom stereocenters. The van der Waals surface area contributed by atoms with Crippen LogP contribution in [-0.4, -0.2) is 58.8 Å². The quantitative estimate of drug-likeness (QED) is 0.264. The largest absolute Gasteiger partial charge is 0.490 e. The van der Waals surface area contributed by atoms with Crippen LogP contribution in [0.1, 0.15) is 16.1 Å². The molecule has 0 aliphatic carbocycles. The van der Waals surface area contributed by atoms with Crippen LogP contribution in [0.4, 0.5) is 13.2 Å². The normalized spacial score (nSPS) is 12.8. The molecule has 178 valence electrons. The summed E-state index contributed by atoms with van der Waals surface area (Å²) in [5, 5.41) is -0.302. The Kier molecular flexibility index (Phi) is 6.69. The van der Waals surface area contributed by atoms with Crippen LogP contribution < -0.4 is 10.5 Å². The maximum atomic E-state index is 13.5. The maximum Gasteiger partial charge on any atom is 0.417 e. The number of aromatic nitrogens is 2. The van der Waals surface area contributed by atoms with Crippen molar-refractivity contribution in [2.75, 3.05) is 19.5 Å². The highest BCUT2D eigenvalue weighted by molar-refractivity contribution is 7.85. The molecule has 3 rings (SSSR count). The Morgan fingerprint density at radius 2 is 1.97 bits per heavy atom. The van der Waals surface area contributed by atoms with E-state index < -0.39 is 39.6 Å². The Morgan fingerprint density at radius 1 is 1.30 bits per heavy atom. The highest BCUT2D eigenvalue weighted by atomic mass is 32.2. The maximum absolute atomic E-state index is 13.5. The minimum Gasteiger partial charge on any atom is -0.490 e. The van der Waals surface area contributed by atoms with Crippen molar-refractivity contribution in [3.63, 3.8) is 0 Å². The molecule has 0 radical (unpaired) electrons. The smallest absolute Gasteiger partial charge is 0.417 e. The van der Waals surface area contributed by atoms with E-state index in [1.165, 1.54) is 0 Å². The number of fused-ring (bicyclic) bond motifs is 1. The molecule has 0 atom stereocenters. The number of ether oxygens (including phenoxy) is 1. The number of guanidine groups is 1. The zero-order valence-corrected chi connectivity index (χ0v) is 18.0. The second-order valence-corrected chi connectivity index (χ2v) is 8.46. The number of carbonyl (C=O) groups is 1. The first kappa shape index (κ1) is 24.1. The first-order chi connectivity index (χ1) is 15.3. The number of H-pyrrole nitrogens is 1. The molecule has 0 saturated carbocycles. The van der Waals surface area contributed by atoms with Gasteiger partial charge < -0.3 is 24.9 Å². The van der Waals surface area contributed by atoms with E-state index in [0.717, 1.165) is 30.1 Å². The number of hydrogen-bond acceptors (Lipinski definition) is 4. The van der Waals surface area contributed by atoms with Gasteiger partial charge >= 0.3 is 6.18 Å². The molecule has 0 saturated heterocycles. The third-order valence-corrected chi connectivity index (χ3v) is 5.24. The number of amides is 1. The number of hydrogen-bond donors (Lipinski definition) is 3. The van der Waals surface area contributed by atoms with E-state index in [0.29, 0.717) is 6.54 Å². The van der Waals surface area contributed by atoms with E-state index in [4.69, 9.17) is 15.0 Å². The van der Waals surface area contributed by atoms with E-state index in [1.807, 2.05) is 16.7 Å². The number of nitrogens with two attached hydrogens (primary N) is 1. The Balaban J connectivity index is 1.92. The number of nitrogens with one attached hydrogen (secondary N) is 1. The first-order valence-electron chi connectivity index (χ1n) is 9.36. The van der Waals surface area contributed by atoms with Gasteiger partial charge in [-0.3, -0.25) is 9.35 Å². The summed E-state index contributed by atoms with van der Waals surface area (Å²) in [5.41, 5.74) is 4.20. The molecule has 14 heteroatoms. The van der Waals surface area contributed by atoms with Crippen molar-refractivity contribution < 1.29 is 35.7 Å². The van der Waals surface area contributed by atoms with Gasteiger partial charge in [0, 0.05) is 24.8 Å². The van der Waals surface area contributed by atoms with E-state index in [-0.39, 0.29) is 29.0 Å². The summed E-state index contributed by atoms with van der Waals surface area (Å²) in [6.07, 6.45) is -1.08. The molecule has 0 aliphatic rings. The van der Waals surface area contributed by atoms with Crippen LogP contribution in [-0.2, 0) is 22.8 Å². The lowest BCUT2D eigenvalue weighted by Gasteiger charge is -2.14. The molecule has 0 bridgehead atoms. The van der Waals surface area contributed by atoms with Gasteiger partial charge in [0.2, 0.25) is 0 Å². The van der Waals surface area contributed by atoms with E-state index in [1.54, 1.807) is 12.4 Å². The van der Waals surface area contributed by atoms with E-state index >= 15 is 0 Å². The van der Waals surface area contributed by atoms with Gasteiger partial charge in [-0.15, -0.1) is 0 Å². The molecular formula is C19H20F3N5O5S. The summed E-state index contributed by atoms with van der Waals surface area (Å²) in [6.45, 7) is 0.603. The fraction of sp³-hybridized carbons (Fsp3) is 0.263. The molecule has 1 aromatic carbocycles. The van der Waals surface area contributed by atoms with Crippen LogP contribution in [0, 0.1) is 0 Å². The average Bonchev–Trinajstić information content (AvgIpc) is 3.35. The summed E-state index contributed by atoms with van der Waals surface area (Å²) in [4.78, 5) is 19.3. The molecule has 4 N–H and O–H groups in total.